The molecule has 1 saturated heterocycles. The van der Waals surface area contributed by atoms with Crippen molar-refractivity contribution in [2.45, 2.75) is 70.5 Å². The largest absolute Gasteiger partial charge is 0.373 e. The molecule has 1 saturated carbocycles. The smallest absolute Gasteiger partial charge is 0.106 e. The van der Waals surface area contributed by atoms with Crippen LogP contribution in [0, 0.1) is 11.8 Å². The molecule has 1 aromatic rings. The van der Waals surface area contributed by atoms with Gasteiger partial charge in [0.05, 0.1) is 19.3 Å². The molecule has 3 rings (SSSR count). The number of benzene rings is 1. The van der Waals surface area contributed by atoms with Crippen molar-refractivity contribution in [1.29, 1.82) is 0 Å². The Morgan fingerprint density at radius 3 is 2.12 bits per heavy atom. The summed E-state index contributed by atoms with van der Waals surface area (Å²) < 4.78 is 12.1. The lowest BCUT2D eigenvalue weighted by Gasteiger charge is -2.32. The van der Waals surface area contributed by atoms with E-state index in [2.05, 4.69) is 6.92 Å². The quantitative estimate of drug-likeness (QED) is 0.609. The maximum atomic E-state index is 6.07. The zero-order chi connectivity index (χ0) is 16.8. The molecule has 0 N–H and O–H groups in total. The predicted molar refractivity (Wildman–Crippen MR) is 99.5 cm³/mol. The van der Waals surface area contributed by atoms with Crippen LogP contribution in [0.4, 0.5) is 0 Å². The Hall–Kier alpha value is -0.570. The minimum absolute atomic E-state index is 0.0583. The second kappa shape index (κ2) is 9.22. The van der Waals surface area contributed by atoms with Crippen LogP contribution in [0.1, 0.15) is 70.0 Å². The molecular weight excluding hydrogens is 320 g/mol. The van der Waals surface area contributed by atoms with Crippen molar-refractivity contribution >= 4 is 11.6 Å². The molecule has 134 valence electrons. The molecule has 0 spiro atoms. The number of ether oxygens (including phenoxy) is 2. The van der Waals surface area contributed by atoms with Gasteiger partial charge in [0.15, 0.2) is 0 Å². The summed E-state index contributed by atoms with van der Waals surface area (Å²) in [6.45, 7) is 3.69. The standard InChI is InChI=1S/C21H31ClO2/c1-2-3-16-4-6-17(7-5-16)8-13-20-14-24-21(15-23-20)18-9-11-19(22)12-10-18/h9-12,16-17,20-21H,2-8,13-15H2,1H3/t16?,17?,20-,21-/m0/s1. The summed E-state index contributed by atoms with van der Waals surface area (Å²) in [6, 6.07) is 7.90. The van der Waals surface area contributed by atoms with Crippen molar-refractivity contribution in [3.05, 3.63) is 34.9 Å². The van der Waals surface area contributed by atoms with Gasteiger partial charge in [0, 0.05) is 5.02 Å². The van der Waals surface area contributed by atoms with Crippen LogP contribution in [0.25, 0.3) is 0 Å². The van der Waals surface area contributed by atoms with Crippen molar-refractivity contribution < 1.29 is 9.47 Å². The van der Waals surface area contributed by atoms with Crippen LogP contribution >= 0.6 is 11.6 Å². The molecule has 0 amide bonds. The second-order valence-corrected chi connectivity index (χ2v) is 8.02. The van der Waals surface area contributed by atoms with E-state index in [0.717, 1.165) is 35.4 Å². The fraction of sp³-hybridized carbons (Fsp3) is 0.714. The lowest BCUT2D eigenvalue weighted by molar-refractivity contribution is -0.138. The Kier molecular flexibility index (Phi) is 7.00. The summed E-state index contributed by atoms with van der Waals surface area (Å²) in [5.74, 6) is 1.91. The van der Waals surface area contributed by atoms with Crippen molar-refractivity contribution in [2.75, 3.05) is 13.2 Å². The van der Waals surface area contributed by atoms with Crippen LogP contribution in [0.15, 0.2) is 24.3 Å². The highest BCUT2D eigenvalue weighted by atomic mass is 35.5. The van der Waals surface area contributed by atoms with E-state index >= 15 is 0 Å². The average molecular weight is 351 g/mol. The first-order chi connectivity index (χ1) is 11.7. The van der Waals surface area contributed by atoms with E-state index in [1.54, 1.807) is 0 Å². The Balaban J connectivity index is 1.35. The minimum atomic E-state index is 0.0583. The molecule has 2 atom stereocenters. The minimum Gasteiger partial charge on any atom is -0.373 e. The molecule has 1 aliphatic carbocycles. The molecule has 2 nitrogen and oxygen atoms in total. The monoisotopic (exact) mass is 350 g/mol. The van der Waals surface area contributed by atoms with Gasteiger partial charge in [0.2, 0.25) is 0 Å². The zero-order valence-electron chi connectivity index (χ0n) is 14.9. The Morgan fingerprint density at radius 2 is 1.54 bits per heavy atom. The van der Waals surface area contributed by atoms with Gasteiger partial charge in [-0.1, -0.05) is 69.2 Å². The number of hydrogen-bond acceptors (Lipinski definition) is 2. The van der Waals surface area contributed by atoms with Crippen molar-refractivity contribution in [1.82, 2.24) is 0 Å². The highest BCUT2D eigenvalue weighted by Gasteiger charge is 2.26. The highest BCUT2D eigenvalue weighted by Crippen LogP contribution is 2.35. The van der Waals surface area contributed by atoms with Crippen LogP contribution in [0.2, 0.25) is 5.02 Å². The molecule has 1 heterocycles. The van der Waals surface area contributed by atoms with Crippen LogP contribution < -0.4 is 0 Å². The third kappa shape index (κ3) is 5.21. The van der Waals surface area contributed by atoms with Crippen molar-refractivity contribution in [3.63, 3.8) is 0 Å². The summed E-state index contributed by atoms with van der Waals surface area (Å²) in [5.41, 5.74) is 1.16. The molecule has 0 unspecified atom stereocenters. The van der Waals surface area contributed by atoms with E-state index in [1.807, 2.05) is 24.3 Å². The Bertz CT molecular complexity index is 471. The molecule has 2 fully saturated rings. The highest BCUT2D eigenvalue weighted by molar-refractivity contribution is 6.30. The van der Waals surface area contributed by atoms with E-state index in [0.29, 0.717) is 6.61 Å². The van der Waals surface area contributed by atoms with Gasteiger partial charge in [0.1, 0.15) is 6.10 Å². The van der Waals surface area contributed by atoms with Gasteiger partial charge in [-0.15, -0.1) is 0 Å². The van der Waals surface area contributed by atoms with E-state index in [9.17, 15) is 0 Å². The molecule has 0 radical (unpaired) electrons. The van der Waals surface area contributed by atoms with Gasteiger partial charge < -0.3 is 9.47 Å². The average Bonchev–Trinajstić information content (AvgIpc) is 2.63. The number of hydrogen-bond donors (Lipinski definition) is 0. The van der Waals surface area contributed by atoms with E-state index < -0.39 is 0 Å². The zero-order valence-corrected chi connectivity index (χ0v) is 15.6. The molecule has 24 heavy (non-hydrogen) atoms. The van der Waals surface area contributed by atoms with Gasteiger partial charge in [-0.2, -0.15) is 0 Å². The van der Waals surface area contributed by atoms with Gasteiger partial charge in [-0.3, -0.25) is 0 Å². The number of halogens is 1. The molecule has 1 aromatic carbocycles. The molecule has 1 aliphatic heterocycles. The summed E-state index contributed by atoms with van der Waals surface area (Å²) in [5, 5.41) is 0.766. The summed E-state index contributed by atoms with van der Waals surface area (Å²) in [4.78, 5) is 0. The van der Waals surface area contributed by atoms with Crippen LogP contribution in [-0.4, -0.2) is 19.3 Å². The summed E-state index contributed by atoms with van der Waals surface area (Å²) in [6.07, 6.45) is 11.3. The fourth-order valence-electron chi connectivity index (χ4n) is 4.22. The number of rotatable bonds is 6. The first-order valence-corrected chi connectivity index (χ1v) is 10.1. The van der Waals surface area contributed by atoms with Crippen molar-refractivity contribution in [3.8, 4) is 0 Å². The summed E-state index contributed by atoms with van der Waals surface area (Å²) >= 11 is 5.94. The van der Waals surface area contributed by atoms with E-state index in [4.69, 9.17) is 21.1 Å². The second-order valence-electron chi connectivity index (χ2n) is 7.58. The molecule has 0 aromatic heterocycles. The predicted octanol–water partition coefficient (Wildman–Crippen LogP) is 6.18. The van der Waals surface area contributed by atoms with Gasteiger partial charge >= 0.3 is 0 Å². The topological polar surface area (TPSA) is 18.5 Å². The van der Waals surface area contributed by atoms with Gasteiger partial charge in [0.25, 0.3) is 0 Å². The third-order valence-corrected chi connectivity index (χ3v) is 6.02. The van der Waals surface area contributed by atoms with E-state index in [1.165, 1.54) is 44.9 Å². The molecule has 2 aliphatic rings. The Labute approximate surface area is 151 Å². The molecule has 3 heteroatoms. The van der Waals surface area contributed by atoms with Gasteiger partial charge in [-0.05, 0) is 42.4 Å². The first kappa shape index (κ1) is 18.2. The van der Waals surface area contributed by atoms with E-state index in [-0.39, 0.29) is 12.2 Å². The molecular formula is C21H31ClO2. The SMILES string of the molecule is CCCC1CCC(CC[C@H]2CO[C@H](c3ccc(Cl)cc3)CO2)CC1. The van der Waals surface area contributed by atoms with Crippen LogP contribution in [-0.2, 0) is 9.47 Å². The third-order valence-electron chi connectivity index (χ3n) is 5.77. The Morgan fingerprint density at radius 1 is 0.875 bits per heavy atom. The lowest BCUT2D eigenvalue weighted by atomic mass is 9.78. The van der Waals surface area contributed by atoms with Crippen LogP contribution in [0.3, 0.4) is 0 Å². The van der Waals surface area contributed by atoms with Crippen molar-refractivity contribution in [2.24, 2.45) is 11.8 Å². The fourth-order valence-corrected chi connectivity index (χ4v) is 4.34. The maximum absolute atomic E-state index is 6.07. The van der Waals surface area contributed by atoms with Gasteiger partial charge in [-0.25, -0.2) is 0 Å². The lowest BCUT2D eigenvalue weighted by Crippen LogP contribution is -2.31. The summed E-state index contributed by atoms with van der Waals surface area (Å²) in [7, 11) is 0. The normalized spacial score (nSPS) is 31.1. The van der Waals surface area contributed by atoms with Crippen LogP contribution in [0.5, 0.6) is 0 Å². The first-order valence-electron chi connectivity index (χ1n) is 9.73. The maximum Gasteiger partial charge on any atom is 0.106 e. The molecule has 0 bridgehead atoms.